The molecule has 0 radical (unpaired) electrons. The second-order valence-electron chi connectivity index (χ2n) is 11.7. The third-order valence-corrected chi connectivity index (χ3v) is 10.00. The first-order chi connectivity index (χ1) is 20.2. The zero-order valence-electron chi connectivity index (χ0n) is 24.5. The Kier molecular flexibility index (Phi) is 10.3. The summed E-state index contributed by atoms with van der Waals surface area (Å²) >= 11 is 6.01. The van der Waals surface area contributed by atoms with E-state index in [9.17, 15) is 31.2 Å². The molecule has 2 aliphatic rings. The third-order valence-electron chi connectivity index (χ3n) is 8.01. The van der Waals surface area contributed by atoms with Crippen LogP contribution in [-0.4, -0.2) is 76.4 Å². The molecule has 0 aromatic heterocycles. The van der Waals surface area contributed by atoms with Gasteiger partial charge in [-0.3, -0.25) is 9.59 Å². The van der Waals surface area contributed by atoms with Crippen molar-refractivity contribution in [2.24, 2.45) is 11.8 Å². The lowest BCUT2D eigenvalue weighted by Crippen LogP contribution is -2.51. The van der Waals surface area contributed by atoms with Gasteiger partial charge in [-0.1, -0.05) is 37.6 Å². The minimum Gasteiger partial charge on any atom is -0.368 e. The lowest BCUT2D eigenvalue weighted by Gasteiger charge is -2.39. The number of hydrogen-bond acceptors (Lipinski definition) is 6. The number of nitrogens with one attached hydrogen (secondary N) is 2. The fourth-order valence-electron chi connectivity index (χ4n) is 5.97. The molecule has 2 N–H and O–H groups in total. The predicted octanol–water partition coefficient (Wildman–Crippen LogP) is 4.26. The predicted molar refractivity (Wildman–Crippen MR) is 161 cm³/mol. The average molecular weight is 643 g/mol. The van der Waals surface area contributed by atoms with E-state index in [1.54, 1.807) is 36.2 Å². The first-order valence-corrected chi connectivity index (χ1v) is 16.5. The van der Waals surface area contributed by atoms with Gasteiger partial charge in [0.1, 0.15) is 0 Å². The fraction of sp³-hybridized carbons (Fsp3) is 0.533. The number of carbonyl (C=O) groups excluding carboxylic acids is 2. The number of hydrogen-bond donors (Lipinski definition) is 2. The Morgan fingerprint density at radius 2 is 1.67 bits per heavy atom. The molecule has 0 saturated carbocycles. The summed E-state index contributed by atoms with van der Waals surface area (Å²) in [6, 6.07) is 9.80. The summed E-state index contributed by atoms with van der Waals surface area (Å²) in [6.45, 7) is 5.15. The van der Waals surface area contributed by atoms with Crippen LogP contribution in [0.15, 0.2) is 42.5 Å². The number of nitrogens with zero attached hydrogens (tertiary/aromatic N) is 2. The van der Waals surface area contributed by atoms with Crippen LogP contribution in [0.25, 0.3) is 0 Å². The number of piperazine rings is 1. The zero-order chi connectivity index (χ0) is 31.5. The minimum atomic E-state index is -4.56. The van der Waals surface area contributed by atoms with Gasteiger partial charge in [0.15, 0.2) is 9.84 Å². The number of alkyl halides is 3. The van der Waals surface area contributed by atoms with E-state index in [-0.39, 0.29) is 48.9 Å². The Bertz CT molecular complexity index is 1410. The highest BCUT2D eigenvalue weighted by Gasteiger charge is 2.44. The molecule has 2 aromatic rings. The van der Waals surface area contributed by atoms with Gasteiger partial charge in [0.05, 0.1) is 35.6 Å². The number of benzene rings is 2. The van der Waals surface area contributed by atoms with E-state index >= 15 is 0 Å². The molecular formula is C30H38ClF3N4O4S. The monoisotopic (exact) mass is 642 g/mol. The zero-order valence-corrected chi connectivity index (χ0v) is 26.0. The van der Waals surface area contributed by atoms with Gasteiger partial charge in [0.25, 0.3) is 0 Å². The van der Waals surface area contributed by atoms with Gasteiger partial charge in [-0.15, -0.1) is 0 Å². The maximum absolute atomic E-state index is 13.8. The van der Waals surface area contributed by atoms with E-state index < -0.39 is 39.5 Å². The van der Waals surface area contributed by atoms with Crippen molar-refractivity contribution in [2.75, 3.05) is 56.2 Å². The Labute approximate surface area is 255 Å². The molecule has 2 aromatic carbocycles. The molecule has 4 rings (SSSR count). The molecule has 2 amide bonds. The van der Waals surface area contributed by atoms with Gasteiger partial charge in [-0.25, -0.2) is 8.42 Å². The van der Waals surface area contributed by atoms with Crippen LogP contribution in [0.4, 0.5) is 18.9 Å². The second kappa shape index (κ2) is 13.4. The molecule has 0 unspecified atom stereocenters. The van der Waals surface area contributed by atoms with Gasteiger partial charge in [0, 0.05) is 42.8 Å². The molecule has 0 spiro atoms. The minimum absolute atomic E-state index is 0.0254. The molecular weight excluding hydrogens is 605 g/mol. The van der Waals surface area contributed by atoms with E-state index in [0.29, 0.717) is 35.8 Å². The number of carbonyl (C=O) groups is 2. The highest BCUT2D eigenvalue weighted by molar-refractivity contribution is 7.91. The van der Waals surface area contributed by atoms with Crippen LogP contribution in [0.3, 0.4) is 0 Å². The maximum atomic E-state index is 13.8. The van der Waals surface area contributed by atoms with Crippen LogP contribution in [-0.2, 0) is 25.6 Å². The number of amides is 2. The van der Waals surface area contributed by atoms with Gasteiger partial charge in [-0.2, -0.15) is 13.2 Å². The number of likely N-dealkylation sites (N-methyl/N-ethyl adjacent to an activating group) is 1. The van der Waals surface area contributed by atoms with Crippen LogP contribution in [0.5, 0.6) is 0 Å². The van der Waals surface area contributed by atoms with Crippen molar-refractivity contribution < 1.29 is 31.2 Å². The van der Waals surface area contributed by atoms with Crippen LogP contribution in [0.2, 0.25) is 5.02 Å². The lowest BCUT2D eigenvalue weighted by atomic mass is 9.88. The summed E-state index contributed by atoms with van der Waals surface area (Å²) in [5.74, 6) is -2.03. The van der Waals surface area contributed by atoms with E-state index in [1.165, 1.54) is 6.07 Å². The average Bonchev–Trinajstić information content (AvgIpc) is 3.27. The highest BCUT2D eigenvalue weighted by atomic mass is 35.5. The van der Waals surface area contributed by atoms with Crippen molar-refractivity contribution in [3.05, 3.63) is 64.2 Å². The number of halogens is 4. The molecule has 236 valence electrons. The van der Waals surface area contributed by atoms with E-state index in [0.717, 1.165) is 17.7 Å². The van der Waals surface area contributed by atoms with Crippen molar-refractivity contribution in [1.29, 1.82) is 0 Å². The fourth-order valence-corrected chi connectivity index (χ4v) is 8.13. The Balaban J connectivity index is 1.56. The normalized spacial score (nSPS) is 21.2. The Morgan fingerprint density at radius 1 is 1.02 bits per heavy atom. The molecule has 0 bridgehead atoms. The van der Waals surface area contributed by atoms with Gasteiger partial charge < -0.3 is 20.4 Å². The smallest absolute Gasteiger partial charge is 0.368 e. The first kappa shape index (κ1) is 33.1. The molecule has 13 heteroatoms. The number of rotatable bonds is 9. The standard InChI is InChI=1S/C30H38ClF3N4O4S/c1-19(2)14-26(36-28(39)16-35-3)23-15-21(30(32,33)34)6-9-27(23)37-10-12-38(13-11-37)29(40)25-18-43(41,42)17-24(25)20-4-7-22(31)8-5-20/h4-9,15,19,24-26,35H,10-14,16-18H2,1-3H3,(H,36,39)/t24-,25+,26+/m1/s1. The van der Waals surface area contributed by atoms with Crippen LogP contribution < -0.4 is 15.5 Å². The molecule has 43 heavy (non-hydrogen) atoms. The molecule has 0 aliphatic carbocycles. The van der Waals surface area contributed by atoms with Crippen molar-refractivity contribution >= 4 is 38.9 Å². The van der Waals surface area contributed by atoms with E-state index in [2.05, 4.69) is 10.6 Å². The molecule has 2 saturated heterocycles. The van der Waals surface area contributed by atoms with Gasteiger partial charge in [-0.05, 0) is 60.8 Å². The van der Waals surface area contributed by atoms with Crippen LogP contribution in [0, 0.1) is 11.8 Å². The summed E-state index contributed by atoms with van der Waals surface area (Å²) in [5.41, 5.74) is 0.885. The molecule has 2 aliphatic heterocycles. The van der Waals surface area contributed by atoms with Crippen LogP contribution >= 0.6 is 11.6 Å². The quantitative estimate of drug-likeness (QED) is 0.424. The third kappa shape index (κ3) is 8.21. The summed E-state index contributed by atoms with van der Waals surface area (Å²) in [5, 5.41) is 6.18. The van der Waals surface area contributed by atoms with Crippen molar-refractivity contribution in [3.8, 4) is 0 Å². The van der Waals surface area contributed by atoms with E-state index in [4.69, 9.17) is 11.6 Å². The summed E-state index contributed by atoms with van der Waals surface area (Å²) in [6.07, 6.45) is -4.12. The molecule has 8 nitrogen and oxygen atoms in total. The van der Waals surface area contributed by atoms with Gasteiger partial charge in [0.2, 0.25) is 11.8 Å². The largest absolute Gasteiger partial charge is 0.416 e. The first-order valence-electron chi connectivity index (χ1n) is 14.3. The number of anilines is 1. The van der Waals surface area contributed by atoms with Crippen LogP contribution in [0.1, 0.15) is 48.9 Å². The lowest BCUT2D eigenvalue weighted by molar-refractivity contribution is -0.138. The van der Waals surface area contributed by atoms with Crippen molar-refractivity contribution in [3.63, 3.8) is 0 Å². The SMILES string of the molecule is CNCC(=O)N[C@@H](CC(C)C)c1cc(C(F)(F)F)ccc1N1CCN(C(=O)[C@H]2CS(=O)(=O)C[C@@H]2c2ccc(Cl)cc2)CC1. The highest BCUT2D eigenvalue weighted by Crippen LogP contribution is 2.39. The Hall–Kier alpha value is -2.83. The number of sulfone groups is 1. The second-order valence-corrected chi connectivity index (χ2v) is 14.3. The van der Waals surface area contributed by atoms with Crippen molar-refractivity contribution in [1.82, 2.24) is 15.5 Å². The molecule has 3 atom stereocenters. The summed E-state index contributed by atoms with van der Waals surface area (Å²) in [7, 11) is -1.80. The topological polar surface area (TPSA) is 98.8 Å². The Morgan fingerprint density at radius 3 is 2.26 bits per heavy atom. The van der Waals surface area contributed by atoms with Gasteiger partial charge >= 0.3 is 6.18 Å². The summed E-state index contributed by atoms with van der Waals surface area (Å²) < 4.78 is 66.5. The maximum Gasteiger partial charge on any atom is 0.416 e. The summed E-state index contributed by atoms with van der Waals surface area (Å²) in [4.78, 5) is 29.7. The molecule has 2 fully saturated rings. The molecule has 2 heterocycles. The van der Waals surface area contributed by atoms with E-state index in [1.807, 2.05) is 18.7 Å². The van der Waals surface area contributed by atoms with Crippen molar-refractivity contribution in [2.45, 2.75) is 38.4 Å².